The molecule has 76 valence electrons. The van der Waals surface area contributed by atoms with E-state index in [1.54, 1.807) is 6.07 Å². The molecule has 0 saturated heterocycles. The van der Waals surface area contributed by atoms with E-state index >= 15 is 0 Å². The highest BCUT2D eigenvalue weighted by Gasteiger charge is 2.13. The number of carbonyl (C=O) groups is 1. The topological polar surface area (TPSA) is 59.4 Å². The standard InChI is InChI=1S/C9H10ClNO3/c1-14-9(13)5-7(12)6-2-3-11-8(10)4-6/h2-4,7,12H,5H2,1H3. The van der Waals surface area contributed by atoms with Gasteiger partial charge in [0.1, 0.15) is 5.15 Å². The lowest BCUT2D eigenvalue weighted by Gasteiger charge is -2.08. The van der Waals surface area contributed by atoms with Crippen molar-refractivity contribution in [1.29, 1.82) is 0 Å². The molecule has 1 heterocycles. The molecule has 4 nitrogen and oxygen atoms in total. The van der Waals surface area contributed by atoms with E-state index in [0.717, 1.165) is 0 Å². The van der Waals surface area contributed by atoms with E-state index in [0.29, 0.717) is 5.56 Å². The van der Waals surface area contributed by atoms with Gasteiger partial charge < -0.3 is 9.84 Å². The molecule has 0 aliphatic heterocycles. The molecule has 5 heteroatoms. The van der Waals surface area contributed by atoms with E-state index in [1.165, 1.54) is 19.4 Å². The second-order valence-electron chi connectivity index (χ2n) is 2.71. The van der Waals surface area contributed by atoms with Gasteiger partial charge >= 0.3 is 5.97 Å². The van der Waals surface area contributed by atoms with Gasteiger partial charge in [0, 0.05) is 6.20 Å². The van der Waals surface area contributed by atoms with Crippen molar-refractivity contribution in [3.8, 4) is 0 Å². The third-order valence-corrected chi connectivity index (χ3v) is 1.93. The van der Waals surface area contributed by atoms with Crippen molar-refractivity contribution in [3.63, 3.8) is 0 Å². The highest BCUT2D eigenvalue weighted by molar-refractivity contribution is 6.29. The summed E-state index contributed by atoms with van der Waals surface area (Å²) in [4.78, 5) is 14.6. The monoisotopic (exact) mass is 215 g/mol. The van der Waals surface area contributed by atoms with Gasteiger partial charge in [-0.25, -0.2) is 4.98 Å². The largest absolute Gasteiger partial charge is 0.469 e. The quantitative estimate of drug-likeness (QED) is 0.611. The summed E-state index contributed by atoms with van der Waals surface area (Å²) >= 11 is 5.62. The van der Waals surface area contributed by atoms with Crippen LogP contribution in [0.5, 0.6) is 0 Å². The van der Waals surface area contributed by atoms with Crippen LogP contribution in [0.1, 0.15) is 18.1 Å². The van der Waals surface area contributed by atoms with E-state index in [-0.39, 0.29) is 11.6 Å². The van der Waals surface area contributed by atoms with Gasteiger partial charge in [-0.3, -0.25) is 4.79 Å². The van der Waals surface area contributed by atoms with Gasteiger partial charge in [-0.15, -0.1) is 0 Å². The lowest BCUT2D eigenvalue weighted by Crippen LogP contribution is -2.08. The predicted octanol–water partition coefficient (Wildman–Crippen LogP) is 1.33. The van der Waals surface area contributed by atoms with Crippen molar-refractivity contribution >= 4 is 17.6 Å². The number of rotatable bonds is 3. The molecule has 1 atom stereocenters. The Bertz CT molecular complexity index is 330. The number of ether oxygens (including phenoxy) is 1. The molecule has 1 unspecified atom stereocenters. The minimum Gasteiger partial charge on any atom is -0.469 e. The summed E-state index contributed by atoms with van der Waals surface area (Å²) < 4.78 is 4.43. The van der Waals surface area contributed by atoms with Crippen LogP contribution in [-0.2, 0) is 9.53 Å². The summed E-state index contributed by atoms with van der Waals surface area (Å²) in [6.07, 6.45) is 0.484. The Labute approximate surface area is 86.5 Å². The zero-order valence-corrected chi connectivity index (χ0v) is 8.36. The second-order valence-corrected chi connectivity index (χ2v) is 3.10. The summed E-state index contributed by atoms with van der Waals surface area (Å²) in [5.74, 6) is -0.467. The van der Waals surface area contributed by atoms with Gasteiger partial charge in [-0.05, 0) is 17.7 Å². The Morgan fingerprint density at radius 2 is 2.50 bits per heavy atom. The third-order valence-electron chi connectivity index (χ3n) is 1.72. The average Bonchev–Trinajstić information content (AvgIpc) is 2.17. The molecular formula is C9H10ClNO3. The third kappa shape index (κ3) is 2.97. The molecule has 1 rings (SSSR count). The minimum absolute atomic E-state index is 0.0865. The summed E-state index contributed by atoms with van der Waals surface area (Å²) in [7, 11) is 1.27. The van der Waals surface area contributed by atoms with Gasteiger partial charge in [0.25, 0.3) is 0 Å². The molecule has 0 aromatic carbocycles. The van der Waals surface area contributed by atoms with Crippen LogP contribution in [0, 0.1) is 0 Å². The lowest BCUT2D eigenvalue weighted by molar-refractivity contribution is -0.142. The van der Waals surface area contributed by atoms with E-state index in [1.807, 2.05) is 0 Å². The number of pyridine rings is 1. The second kappa shape index (κ2) is 4.93. The van der Waals surface area contributed by atoms with Crippen LogP contribution in [0.3, 0.4) is 0 Å². The zero-order valence-electron chi connectivity index (χ0n) is 7.61. The van der Waals surface area contributed by atoms with Crippen LogP contribution in [0.15, 0.2) is 18.3 Å². The number of aromatic nitrogens is 1. The van der Waals surface area contributed by atoms with Gasteiger partial charge in [-0.2, -0.15) is 0 Å². The van der Waals surface area contributed by atoms with Crippen molar-refractivity contribution < 1.29 is 14.6 Å². The number of esters is 1. The maximum Gasteiger partial charge on any atom is 0.308 e. The Morgan fingerprint density at radius 3 is 3.07 bits per heavy atom. The SMILES string of the molecule is COC(=O)CC(O)c1ccnc(Cl)c1. The minimum atomic E-state index is -0.900. The van der Waals surface area contributed by atoms with E-state index in [4.69, 9.17) is 11.6 Å². The Morgan fingerprint density at radius 1 is 1.79 bits per heavy atom. The molecule has 1 aromatic heterocycles. The fourth-order valence-electron chi connectivity index (χ4n) is 0.984. The number of carbonyl (C=O) groups excluding carboxylic acids is 1. The van der Waals surface area contributed by atoms with Crippen LogP contribution in [0.2, 0.25) is 5.15 Å². The van der Waals surface area contributed by atoms with Gasteiger partial charge in [0.05, 0.1) is 19.6 Å². The number of halogens is 1. The molecule has 0 aliphatic rings. The summed E-state index contributed by atoms with van der Waals surface area (Å²) in [6.45, 7) is 0. The Hall–Kier alpha value is -1.13. The zero-order chi connectivity index (χ0) is 10.6. The van der Waals surface area contributed by atoms with Crippen LogP contribution >= 0.6 is 11.6 Å². The first-order valence-electron chi connectivity index (χ1n) is 4.00. The predicted molar refractivity (Wildman–Crippen MR) is 50.8 cm³/mol. The number of methoxy groups -OCH3 is 1. The molecule has 0 fully saturated rings. The maximum absolute atomic E-state index is 10.8. The number of aliphatic hydroxyl groups is 1. The van der Waals surface area contributed by atoms with Crippen molar-refractivity contribution in [3.05, 3.63) is 29.0 Å². The lowest BCUT2D eigenvalue weighted by atomic mass is 10.1. The first-order chi connectivity index (χ1) is 6.63. The molecule has 14 heavy (non-hydrogen) atoms. The van der Waals surface area contributed by atoms with E-state index < -0.39 is 12.1 Å². The summed E-state index contributed by atoms with van der Waals surface area (Å²) in [5.41, 5.74) is 0.551. The molecule has 1 aromatic rings. The summed E-state index contributed by atoms with van der Waals surface area (Å²) in [6, 6.07) is 3.11. The molecule has 0 bridgehead atoms. The van der Waals surface area contributed by atoms with Gasteiger partial charge in [0.15, 0.2) is 0 Å². The maximum atomic E-state index is 10.8. The van der Waals surface area contributed by atoms with Crippen LogP contribution in [-0.4, -0.2) is 23.2 Å². The molecule has 0 radical (unpaired) electrons. The Balaban J connectivity index is 2.69. The van der Waals surface area contributed by atoms with Crippen molar-refractivity contribution in [2.45, 2.75) is 12.5 Å². The van der Waals surface area contributed by atoms with Crippen LogP contribution in [0.25, 0.3) is 0 Å². The first kappa shape index (κ1) is 10.9. The first-order valence-corrected chi connectivity index (χ1v) is 4.37. The highest BCUT2D eigenvalue weighted by Crippen LogP contribution is 2.18. The van der Waals surface area contributed by atoms with Crippen molar-refractivity contribution in [2.75, 3.05) is 7.11 Å². The number of hydrogen-bond donors (Lipinski definition) is 1. The Kier molecular flexibility index (Phi) is 3.85. The van der Waals surface area contributed by atoms with Crippen LogP contribution < -0.4 is 0 Å². The fraction of sp³-hybridized carbons (Fsp3) is 0.333. The molecule has 0 spiro atoms. The van der Waals surface area contributed by atoms with Crippen molar-refractivity contribution in [1.82, 2.24) is 4.98 Å². The summed E-state index contributed by atoms with van der Waals surface area (Å²) in [5, 5.41) is 9.84. The molecule has 1 N–H and O–H groups in total. The van der Waals surface area contributed by atoms with Gasteiger partial charge in [-0.1, -0.05) is 11.6 Å². The molecule has 0 aliphatic carbocycles. The smallest absolute Gasteiger partial charge is 0.308 e. The van der Waals surface area contributed by atoms with E-state index in [2.05, 4.69) is 9.72 Å². The fourth-order valence-corrected chi connectivity index (χ4v) is 1.17. The van der Waals surface area contributed by atoms with Gasteiger partial charge in [0.2, 0.25) is 0 Å². The highest BCUT2D eigenvalue weighted by atomic mass is 35.5. The molecular weight excluding hydrogens is 206 g/mol. The number of nitrogens with zero attached hydrogens (tertiary/aromatic N) is 1. The molecule has 0 saturated carbocycles. The number of aliphatic hydroxyl groups excluding tert-OH is 1. The van der Waals surface area contributed by atoms with Crippen LogP contribution in [0.4, 0.5) is 0 Å². The average molecular weight is 216 g/mol. The van der Waals surface area contributed by atoms with Crippen molar-refractivity contribution in [2.24, 2.45) is 0 Å². The normalized spacial score (nSPS) is 12.2. The van der Waals surface area contributed by atoms with E-state index in [9.17, 15) is 9.90 Å². The number of hydrogen-bond acceptors (Lipinski definition) is 4. The molecule has 0 amide bonds.